The number of quaternary nitrogens is 1. The molecule has 1 saturated carbocycles. The number of hydrogen-bond acceptors (Lipinski definition) is 0. The summed E-state index contributed by atoms with van der Waals surface area (Å²) in [7, 11) is 2.52. The van der Waals surface area contributed by atoms with Crippen LogP contribution in [0.4, 0.5) is 0 Å². The predicted octanol–water partition coefficient (Wildman–Crippen LogP) is 0.200. The van der Waals surface area contributed by atoms with Crippen molar-refractivity contribution in [1.82, 2.24) is 0 Å². The zero-order valence-corrected chi connectivity index (χ0v) is 12.5. The fourth-order valence-electron chi connectivity index (χ4n) is 3.77. The van der Waals surface area contributed by atoms with E-state index >= 15 is 0 Å². The van der Waals surface area contributed by atoms with Crippen LogP contribution in [0.5, 0.6) is 0 Å². The Morgan fingerprint density at radius 3 is 2.60 bits per heavy atom. The van der Waals surface area contributed by atoms with Crippen LogP contribution in [0.3, 0.4) is 0 Å². The minimum absolute atomic E-state index is 0. The molecule has 0 spiro atoms. The van der Waals surface area contributed by atoms with Crippen LogP contribution in [-0.4, -0.2) is 30.7 Å². The fraction of sp³-hybridized carbons (Fsp3) is 1.00. The largest absolute Gasteiger partial charge is 1.00 e. The summed E-state index contributed by atoms with van der Waals surface area (Å²) >= 11 is 0. The van der Waals surface area contributed by atoms with Gasteiger partial charge in [0.05, 0.1) is 26.2 Å². The highest BCUT2D eigenvalue weighted by Gasteiger charge is 2.45. The van der Waals surface area contributed by atoms with E-state index in [1.807, 2.05) is 0 Å². The highest BCUT2D eigenvalue weighted by atomic mass is 127. The van der Waals surface area contributed by atoms with E-state index in [-0.39, 0.29) is 24.0 Å². The Morgan fingerprint density at radius 1 is 1.13 bits per heavy atom. The van der Waals surface area contributed by atoms with E-state index in [2.05, 4.69) is 14.0 Å². The van der Waals surface area contributed by atoms with E-state index in [0.717, 1.165) is 12.0 Å². The molecule has 1 aliphatic carbocycles. The molecule has 0 N–H and O–H groups in total. The van der Waals surface area contributed by atoms with Crippen molar-refractivity contribution in [3.8, 4) is 0 Å². The van der Waals surface area contributed by atoms with Gasteiger partial charge in [-0.3, -0.25) is 0 Å². The zero-order chi connectivity index (χ0) is 10.0. The predicted molar refractivity (Wildman–Crippen MR) is 61.2 cm³/mol. The van der Waals surface area contributed by atoms with Crippen LogP contribution in [0.2, 0.25) is 0 Å². The summed E-state index contributed by atoms with van der Waals surface area (Å²) < 4.78 is 1.42. The van der Waals surface area contributed by atoms with Gasteiger partial charge in [-0.15, -0.1) is 0 Å². The number of hydrogen-bond donors (Lipinski definition) is 0. The number of halogens is 1. The Balaban J connectivity index is 0.00000112. The standard InChI is InChI=1S/C13H26N.HI/c1-3-4-10-14(2)11-9-12-7-5-6-8-13(12)14;/h12-13H,3-11H2,1-2H3;1H/q+1;/p-1. The van der Waals surface area contributed by atoms with Crippen LogP contribution < -0.4 is 24.0 Å². The first-order valence-electron chi connectivity index (χ1n) is 6.60. The molecule has 1 saturated heterocycles. The van der Waals surface area contributed by atoms with Gasteiger partial charge in [-0.2, -0.15) is 0 Å². The normalized spacial score (nSPS) is 39.6. The van der Waals surface area contributed by atoms with E-state index in [1.165, 1.54) is 62.5 Å². The number of nitrogens with zero attached hydrogens (tertiary/aromatic N) is 1. The van der Waals surface area contributed by atoms with Crippen molar-refractivity contribution in [3.63, 3.8) is 0 Å². The summed E-state index contributed by atoms with van der Waals surface area (Å²) in [5.41, 5.74) is 0. The van der Waals surface area contributed by atoms with E-state index in [9.17, 15) is 0 Å². The maximum Gasteiger partial charge on any atom is 0.0918 e. The van der Waals surface area contributed by atoms with Gasteiger partial charge in [0.25, 0.3) is 0 Å². The van der Waals surface area contributed by atoms with E-state index in [4.69, 9.17) is 0 Å². The van der Waals surface area contributed by atoms with Crippen LogP contribution >= 0.6 is 0 Å². The van der Waals surface area contributed by atoms with Crippen LogP contribution in [-0.2, 0) is 0 Å². The SMILES string of the molecule is CCCC[N+]1(C)CCC2CCCCC21.[I-]. The second-order valence-corrected chi connectivity index (χ2v) is 5.68. The third kappa shape index (κ3) is 2.87. The van der Waals surface area contributed by atoms with Crippen LogP contribution in [0.15, 0.2) is 0 Å². The summed E-state index contributed by atoms with van der Waals surface area (Å²) in [6, 6.07) is 1.04. The van der Waals surface area contributed by atoms with Gasteiger partial charge in [-0.05, 0) is 25.7 Å². The summed E-state index contributed by atoms with van der Waals surface area (Å²) in [4.78, 5) is 0. The summed E-state index contributed by atoms with van der Waals surface area (Å²) in [5, 5.41) is 0. The van der Waals surface area contributed by atoms with Crippen molar-refractivity contribution in [2.24, 2.45) is 5.92 Å². The topological polar surface area (TPSA) is 0 Å². The quantitative estimate of drug-likeness (QED) is 0.514. The Bertz CT molecular complexity index is 195. The van der Waals surface area contributed by atoms with Gasteiger partial charge in [0.2, 0.25) is 0 Å². The molecule has 1 nitrogen and oxygen atoms in total. The molecule has 0 amide bonds. The minimum atomic E-state index is 0. The molecule has 2 rings (SSSR count). The minimum Gasteiger partial charge on any atom is -1.00 e. The van der Waals surface area contributed by atoms with E-state index in [0.29, 0.717) is 0 Å². The lowest BCUT2D eigenvalue weighted by Crippen LogP contribution is -3.00. The molecule has 90 valence electrons. The molecule has 3 unspecified atom stereocenters. The molecule has 0 aromatic carbocycles. The van der Waals surface area contributed by atoms with Crippen LogP contribution in [0.25, 0.3) is 0 Å². The summed E-state index contributed by atoms with van der Waals surface area (Å²) in [6.45, 7) is 5.23. The highest BCUT2D eigenvalue weighted by Crippen LogP contribution is 2.40. The Kier molecular flexibility index (Phi) is 5.37. The second kappa shape index (κ2) is 5.85. The molecule has 1 heterocycles. The van der Waals surface area contributed by atoms with Gasteiger partial charge in [0.1, 0.15) is 0 Å². The van der Waals surface area contributed by atoms with Crippen molar-refractivity contribution >= 4 is 0 Å². The monoisotopic (exact) mass is 323 g/mol. The third-order valence-electron chi connectivity index (χ3n) is 4.70. The number of rotatable bonds is 3. The highest BCUT2D eigenvalue weighted by molar-refractivity contribution is 4.81. The van der Waals surface area contributed by atoms with Gasteiger partial charge in [0.15, 0.2) is 0 Å². The van der Waals surface area contributed by atoms with Crippen LogP contribution in [0, 0.1) is 5.92 Å². The molecule has 0 aromatic rings. The smallest absolute Gasteiger partial charge is 0.0918 e. The third-order valence-corrected chi connectivity index (χ3v) is 4.70. The molecule has 1 aliphatic heterocycles. The molecule has 0 radical (unpaired) electrons. The van der Waals surface area contributed by atoms with Crippen molar-refractivity contribution < 1.29 is 28.5 Å². The number of likely N-dealkylation sites (tertiary alicyclic amines) is 1. The first-order valence-corrected chi connectivity index (χ1v) is 6.60. The molecule has 0 aromatic heterocycles. The van der Waals surface area contributed by atoms with Gasteiger partial charge < -0.3 is 28.5 Å². The Hall–Kier alpha value is 0.690. The van der Waals surface area contributed by atoms with Crippen molar-refractivity contribution in [2.45, 2.75) is 57.9 Å². The van der Waals surface area contributed by atoms with Crippen LogP contribution in [0.1, 0.15) is 51.9 Å². The van der Waals surface area contributed by atoms with Gasteiger partial charge in [-0.25, -0.2) is 0 Å². The number of unbranched alkanes of at least 4 members (excludes halogenated alkanes) is 1. The second-order valence-electron chi connectivity index (χ2n) is 5.68. The zero-order valence-electron chi connectivity index (χ0n) is 10.3. The fourth-order valence-corrected chi connectivity index (χ4v) is 3.77. The van der Waals surface area contributed by atoms with Crippen molar-refractivity contribution in [1.29, 1.82) is 0 Å². The molecule has 2 aliphatic rings. The molecule has 2 heteroatoms. The molecule has 0 bridgehead atoms. The van der Waals surface area contributed by atoms with E-state index < -0.39 is 0 Å². The van der Waals surface area contributed by atoms with Crippen molar-refractivity contribution in [2.75, 3.05) is 20.1 Å². The lowest BCUT2D eigenvalue weighted by atomic mass is 9.84. The average Bonchev–Trinajstić information content (AvgIpc) is 2.55. The first kappa shape index (κ1) is 13.8. The lowest BCUT2D eigenvalue weighted by molar-refractivity contribution is -0.923. The van der Waals surface area contributed by atoms with Crippen molar-refractivity contribution in [3.05, 3.63) is 0 Å². The molecular weight excluding hydrogens is 297 g/mol. The first-order chi connectivity index (χ1) is 6.76. The average molecular weight is 323 g/mol. The van der Waals surface area contributed by atoms with Gasteiger partial charge in [0, 0.05) is 12.3 Å². The molecule has 2 fully saturated rings. The summed E-state index contributed by atoms with van der Waals surface area (Å²) in [6.07, 6.45) is 10.4. The Labute approximate surface area is 112 Å². The Morgan fingerprint density at radius 2 is 1.87 bits per heavy atom. The van der Waals surface area contributed by atoms with E-state index in [1.54, 1.807) is 0 Å². The summed E-state index contributed by atoms with van der Waals surface area (Å²) in [5.74, 6) is 1.09. The maximum absolute atomic E-state index is 2.52. The molecular formula is C13H26IN. The van der Waals surface area contributed by atoms with Gasteiger partial charge in [-0.1, -0.05) is 19.8 Å². The lowest BCUT2D eigenvalue weighted by Gasteiger charge is -2.40. The molecule has 3 atom stereocenters. The molecule has 15 heavy (non-hydrogen) atoms. The maximum atomic E-state index is 2.52. The number of fused-ring (bicyclic) bond motifs is 1. The van der Waals surface area contributed by atoms with Gasteiger partial charge >= 0.3 is 0 Å².